The molecule has 0 spiro atoms. The Kier molecular flexibility index (Phi) is 5.25. The summed E-state index contributed by atoms with van der Waals surface area (Å²) in [5.74, 6) is 0.530. The van der Waals surface area contributed by atoms with Crippen LogP contribution >= 0.6 is 0 Å². The molecule has 1 N–H and O–H groups in total. The quantitative estimate of drug-likeness (QED) is 0.451. The minimum absolute atomic E-state index is 0.161. The van der Waals surface area contributed by atoms with Gasteiger partial charge in [0.05, 0.1) is 0 Å². The van der Waals surface area contributed by atoms with Gasteiger partial charge in [-0.3, -0.25) is 4.79 Å². The van der Waals surface area contributed by atoms with E-state index >= 15 is 0 Å². The van der Waals surface area contributed by atoms with E-state index in [1.165, 1.54) is 11.6 Å². The minimum atomic E-state index is -0.161. The number of nitrogens with one attached hydrogen (secondary N) is 1. The van der Waals surface area contributed by atoms with Crippen molar-refractivity contribution in [3.63, 3.8) is 0 Å². The minimum Gasteiger partial charge on any atom is -0.440 e. The average molecular weight is 382 g/mol. The standard InChI is InChI=1S/C25H22N2O2/c1-17-14-18(2)25-22(15-17)27-24(29-25)16-20-8-11-21(12-9-20)26-23(28)13-10-19-6-4-3-5-7-19/h3-15H,16H2,1-2H3,(H,26,28)/b13-10+. The number of hydrogen-bond donors (Lipinski definition) is 1. The molecule has 1 amide bonds. The van der Waals surface area contributed by atoms with Gasteiger partial charge in [0.15, 0.2) is 11.5 Å². The first kappa shape index (κ1) is 18.7. The van der Waals surface area contributed by atoms with E-state index in [0.717, 1.165) is 33.5 Å². The van der Waals surface area contributed by atoms with Gasteiger partial charge < -0.3 is 9.73 Å². The monoisotopic (exact) mass is 382 g/mol. The van der Waals surface area contributed by atoms with Crippen LogP contribution in [-0.2, 0) is 11.2 Å². The first-order valence-corrected chi connectivity index (χ1v) is 9.56. The van der Waals surface area contributed by atoms with Crippen LogP contribution in [0.5, 0.6) is 0 Å². The van der Waals surface area contributed by atoms with Gasteiger partial charge in [0.1, 0.15) is 5.52 Å². The fourth-order valence-corrected chi connectivity index (χ4v) is 3.30. The Balaban J connectivity index is 1.41. The summed E-state index contributed by atoms with van der Waals surface area (Å²) < 4.78 is 5.94. The van der Waals surface area contributed by atoms with Gasteiger partial charge in [-0.1, -0.05) is 48.5 Å². The molecule has 0 fully saturated rings. The Morgan fingerprint density at radius 3 is 2.55 bits per heavy atom. The highest BCUT2D eigenvalue weighted by molar-refractivity contribution is 6.01. The lowest BCUT2D eigenvalue weighted by molar-refractivity contribution is -0.111. The largest absolute Gasteiger partial charge is 0.440 e. The van der Waals surface area contributed by atoms with E-state index in [2.05, 4.69) is 23.3 Å². The molecule has 4 heteroatoms. The second-order valence-electron chi connectivity index (χ2n) is 7.14. The van der Waals surface area contributed by atoms with E-state index in [4.69, 9.17) is 4.42 Å². The summed E-state index contributed by atoms with van der Waals surface area (Å²) in [6, 6.07) is 21.6. The normalized spacial score (nSPS) is 11.2. The predicted octanol–water partition coefficient (Wildman–Crippen LogP) is 5.69. The Hall–Kier alpha value is -3.66. The molecule has 0 aliphatic heterocycles. The molecular weight excluding hydrogens is 360 g/mol. The lowest BCUT2D eigenvalue weighted by Gasteiger charge is -2.03. The number of fused-ring (bicyclic) bond motifs is 1. The number of oxazole rings is 1. The number of hydrogen-bond acceptors (Lipinski definition) is 3. The molecule has 1 heterocycles. The smallest absolute Gasteiger partial charge is 0.248 e. The lowest BCUT2D eigenvalue weighted by Crippen LogP contribution is -2.07. The van der Waals surface area contributed by atoms with Gasteiger partial charge in [-0.15, -0.1) is 0 Å². The maximum atomic E-state index is 12.1. The summed E-state index contributed by atoms with van der Waals surface area (Å²) in [5.41, 5.74) is 6.83. The third-order valence-corrected chi connectivity index (χ3v) is 4.67. The van der Waals surface area contributed by atoms with Crippen LogP contribution in [0.2, 0.25) is 0 Å². The number of aryl methyl sites for hydroxylation is 2. The maximum Gasteiger partial charge on any atom is 0.248 e. The molecule has 0 aliphatic carbocycles. The number of amides is 1. The second kappa shape index (κ2) is 8.15. The van der Waals surface area contributed by atoms with Crippen LogP contribution in [0.3, 0.4) is 0 Å². The lowest BCUT2D eigenvalue weighted by atomic mass is 10.1. The van der Waals surface area contributed by atoms with Crippen molar-refractivity contribution in [1.82, 2.24) is 4.98 Å². The molecular formula is C25H22N2O2. The van der Waals surface area contributed by atoms with E-state index < -0.39 is 0 Å². The summed E-state index contributed by atoms with van der Waals surface area (Å²) in [7, 11) is 0. The van der Waals surface area contributed by atoms with Crippen molar-refractivity contribution in [2.24, 2.45) is 0 Å². The van der Waals surface area contributed by atoms with Gasteiger partial charge in [0.2, 0.25) is 5.91 Å². The Labute approximate surface area is 169 Å². The van der Waals surface area contributed by atoms with Crippen LogP contribution in [0.4, 0.5) is 5.69 Å². The van der Waals surface area contributed by atoms with Gasteiger partial charge in [0.25, 0.3) is 0 Å². The van der Waals surface area contributed by atoms with Crippen LogP contribution in [-0.4, -0.2) is 10.9 Å². The average Bonchev–Trinajstić information content (AvgIpc) is 3.11. The van der Waals surface area contributed by atoms with E-state index in [0.29, 0.717) is 12.3 Å². The van der Waals surface area contributed by atoms with Gasteiger partial charge in [0, 0.05) is 18.2 Å². The maximum absolute atomic E-state index is 12.1. The number of anilines is 1. The summed E-state index contributed by atoms with van der Waals surface area (Å²) in [5, 5.41) is 2.87. The number of nitrogens with zero attached hydrogens (tertiary/aromatic N) is 1. The molecule has 1 aromatic heterocycles. The van der Waals surface area contributed by atoms with Crippen LogP contribution in [0.1, 0.15) is 28.1 Å². The van der Waals surface area contributed by atoms with Gasteiger partial charge in [-0.25, -0.2) is 4.98 Å². The van der Waals surface area contributed by atoms with Crippen molar-refractivity contribution >= 4 is 28.8 Å². The zero-order chi connectivity index (χ0) is 20.2. The number of rotatable bonds is 5. The van der Waals surface area contributed by atoms with Gasteiger partial charge >= 0.3 is 0 Å². The molecule has 0 unspecified atom stereocenters. The topological polar surface area (TPSA) is 55.1 Å². The molecule has 144 valence electrons. The first-order chi connectivity index (χ1) is 14.1. The Morgan fingerprint density at radius 2 is 1.79 bits per heavy atom. The second-order valence-corrected chi connectivity index (χ2v) is 7.14. The molecule has 0 bridgehead atoms. The van der Waals surface area contributed by atoms with Crippen molar-refractivity contribution < 1.29 is 9.21 Å². The summed E-state index contributed by atoms with van der Waals surface area (Å²) in [6.45, 7) is 4.09. The van der Waals surface area contributed by atoms with E-state index in [1.54, 1.807) is 6.08 Å². The fraction of sp³-hybridized carbons (Fsp3) is 0.120. The van der Waals surface area contributed by atoms with Crippen LogP contribution in [0.15, 0.2) is 77.2 Å². The molecule has 0 aliphatic rings. The number of benzene rings is 3. The van der Waals surface area contributed by atoms with Crippen molar-refractivity contribution in [1.29, 1.82) is 0 Å². The summed E-state index contributed by atoms with van der Waals surface area (Å²) in [6.07, 6.45) is 3.93. The molecule has 0 atom stereocenters. The van der Waals surface area contributed by atoms with Crippen LogP contribution in [0, 0.1) is 13.8 Å². The van der Waals surface area contributed by atoms with E-state index in [-0.39, 0.29) is 5.91 Å². The highest BCUT2D eigenvalue weighted by atomic mass is 16.3. The number of carbonyl (C=O) groups is 1. The number of aromatic nitrogens is 1. The molecule has 0 saturated carbocycles. The Bertz CT molecular complexity index is 1170. The summed E-state index contributed by atoms with van der Waals surface area (Å²) >= 11 is 0. The predicted molar refractivity (Wildman–Crippen MR) is 117 cm³/mol. The molecule has 4 nitrogen and oxygen atoms in total. The van der Waals surface area contributed by atoms with Crippen LogP contribution < -0.4 is 5.32 Å². The summed E-state index contributed by atoms with van der Waals surface area (Å²) in [4.78, 5) is 16.7. The fourth-order valence-electron chi connectivity index (χ4n) is 3.30. The zero-order valence-electron chi connectivity index (χ0n) is 16.5. The third-order valence-electron chi connectivity index (χ3n) is 4.67. The van der Waals surface area contributed by atoms with Crippen molar-refractivity contribution in [3.05, 3.63) is 101 Å². The molecule has 0 radical (unpaired) electrons. The molecule has 3 aromatic carbocycles. The van der Waals surface area contributed by atoms with E-state index in [1.807, 2.05) is 67.6 Å². The molecule has 4 rings (SSSR count). The molecule has 4 aromatic rings. The van der Waals surface area contributed by atoms with Crippen molar-refractivity contribution in [2.45, 2.75) is 20.3 Å². The molecule has 29 heavy (non-hydrogen) atoms. The van der Waals surface area contributed by atoms with Crippen LogP contribution in [0.25, 0.3) is 17.2 Å². The highest BCUT2D eigenvalue weighted by Crippen LogP contribution is 2.23. The van der Waals surface area contributed by atoms with Gasteiger partial charge in [-0.05, 0) is 60.4 Å². The van der Waals surface area contributed by atoms with Crippen molar-refractivity contribution in [2.75, 3.05) is 5.32 Å². The zero-order valence-corrected chi connectivity index (χ0v) is 16.5. The molecule has 0 saturated heterocycles. The van der Waals surface area contributed by atoms with E-state index in [9.17, 15) is 4.79 Å². The third kappa shape index (κ3) is 4.61. The first-order valence-electron chi connectivity index (χ1n) is 9.56. The number of carbonyl (C=O) groups excluding carboxylic acids is 1. The SMILES string of the molecule is Cc1cc(C)c2oc(Cc3ccc(NC(=O)/C=C/c4ccccc4)cc3)nc2c1. The Morgan fingerprint density at radius 1 is 1.03 bits per heavy atom. The highest BCUT2D eigenvalue weighted by Gasteiger charge is 2.09. The van der Waals surface area contributed by atoms with Crippen molar-refractivity contribution in [3.8, 4) is 0 Å². The van der Waals surface area contributed by atoms with Gasteiger partial charge in [-0.2, -0.15) is 0 Å².